The topological polar surface area (TPSA) is 87.3 Å². The van der Waals surface area contributed by atoms with Gasteiger partial charge in [-0.3, -0.25) is 10.1 Å². The number of benzene rings is 1. The van der Waals surface area contributed by atoms with Crippen molar-refractivity contribution in [2.45, 2.75) is 50.6 Å². The van der Waals surface area contributed by atoms with Crippen LogP contribution in [0.15, 0.2) is 24.3 Å². The number of amides is 1. The zero-order valence-electron chi connectivity index (χ0n) is 14.6. The molecule has 148 valence electrons. The van der Waals surface area contributed by atoms with E-state index < -0.39 is 40.9 Å². The fourth-order valence-corrected chi connectivity index (χ4v) is 4.18. The number of alkyl halides is 2. The highest BCUT2D eigenvalue weighted by atomic mass is 35.5. The lowest BCUT2D eigenvalue weighted by Gasteiger charge is -2.15. The number of carbonyl (C=O) groups excluding carboxylic acids is 1. The van der Waals surface area contributed by atoms with E-state index >= 15 is 0 Å². The van der Waals surface area contributed by atoms with Crippen molar-refractivity contribution in [3.8, 4) is 0 Å². The molecule has 2 rings (SSSR count). The molecule has 1 unspecified atom stereocenters. The number of rotatable bonds is 7. The predicted molar refractivity (Wildman–Crippen MR) is 97.8 cm³/mol. The molecule has 0 aliphatic carbocycles. The van der Waals surface area contributed by atoms with Crippen LogP contribution in [0.3, 0.4) is 0 Å². The van der Waals surface area contributed by atoms with E-state index in [-0.39, 0.29) is 30.7 Å². The molecule has 1 aromatic rings. The summed E-state index contributed by atoms with van der Waals surface area (Å²) in [5, 5.41) is 5.09. The normalized spacial score (nSPS) is 19.2. The summed E-state index contributed by atoms with van der Waals surface area (Å²) in [5.74, 6) is -3.61. The summed E-state index contributed by atoms with van der Waals surface area (Å²) in [6.45, 7) is 3.03. The quantitative estimate of drug-likeness (QED) is 0.635. The molecule has 10 heteroatoms. The first-order chi connectivity index (χ1) is 11.6. The van der Waals surface area contributed by atoms with E-state index in [1.165, 1.54) is 0 Å². The van der Waals surface area contributed by atoms with E-state index in [4.69, 9.17) is 0 Å². The van der Waals surface area contributed by atoms with Gasteiger partial charge in [0.15, 0.2) is 0 Å². The van der Waals surface area contributed by atoms with Crippen LogP contribution in [0.4, 0.5) is 8.78 Å². The standard InChI is InChI=1S/C16H23F2N3O3S.ClH/c1-11(2)21-25(23,24)9-13-6-4-3-5-12(13)8-19-15(22)14-7-16(17,18)10-20-14;/h3-6,11,14,20-21H,7-10H2,1-2H3,(H,19,22);1H. The van der Waals surface area contributed by atoms with E-state index in [0.717, 1.165) is 0 Å². The van der Waals surface area contributed by atoms with Gasteiger partial charge in [-0.05, 0) is 25.0 Å². The molecule has 1 amide bonds. The van der Waals surface area contributed by atoms with Crippen LogP contribution in [0.2, 0.25) is 0 Å². The summed E-state index contributed by atoms with van der Waals surface area (Å²) in [6.07, 6.45) is -0.535. The molecule has 1 fully saturated rings. The Hall–Kier alpha value is -1.29. The van der Waals surface area contributed by atoms with Gasteiger partial charge in [0.1, 0.15) is 0 Å². The highest BCUT2D eigenvalue weighted by Gasteiger charge is 2.42. The van der Waals surface area contributed by atoms with Crippen molar-refractivity contribution in [1.82, 2.24) is 15.4 Å². The minimum atomic E-state index is -3.50. The average molecular weight is 412 g/mol. The second kappa shape index (κ2) is 9.07. The molecule has 1 heterocycles. The molecule has 3 N–H and O–H groups in total. The highest BCUT2D eigenvalue weighted by molar-refractivity contribution is 7.88. The molecule has 0 radical (unpaired) electrons. The predicted octanol–water partition coefficient (Wildman–Crippen LogP) is 1.55. The fraction of sp³-hybridized carbons (Fsp3) is 0.562. The summed E-state index contributed by atoms with van der Waals surface area (Å²) >= 11 is 0. The van der Waals surface area contributed by atoms with Crippen LogP contribution in [-0.2, 0) is 27.1 Å². The van der Waals surface area contributed by atoms with Gasteiger partial charge in [-0.15, -0.1) is 12.4 Å². The smallest absolute Gasteiger partial charge is 0.262 e. The first kappa shape index (κ1) is 22.8. The van der Waals surface area contributed by atoms with Gasteiger partial charge in [0.2, 0.25) is 15.9 Å². The molecule has 6 nitrogen and oxygen atoms in total. The molecule has 1 aromatic carbocycles. The van der Waals surface area contributed by atoms with Crippen LogP contribution >= 0.6 is 12.4 Å². The first-order valence-corrected chi connectivity index (χ1v) is 9.69. The van der Waals surface area contributed by atoms with Crippen molar-refractivity contribution in [2.24, 2.45) is 0 Å². The summed E-state index contributed by atoms with van der Waals surface area (Å²) in [5.41, 5.74) is 1.19. The maximum absolute atomic E-state index is 13.2. The third kappa shape index (κ3) is 6.79. The zero-order chi connectivity index (χ0) is 18.7. The van der Waals surface area contributed by atoms with Gasteiger partial charge in [0.05, 0.1) is 18.3 Å². The summed E-state index contributed by atoms with van der Waals surface area (Å²) in [6, 6.07) is 5.67. The van der Waals surface area contributed by atoms with Gasteiger partial charge in [0, 0.05) is 19.0 Å². The van der Waals surface area contributed by atoms with Crippen molar-refractivity contribution in [2.75, 3.05) is 6.54 Å². The van der Waals surface area contributed by atoms with E-state index in [1.54, 1.807) is 38.1 Å². The number of hydrogen-bond donors (Lipinski definition) is 3. The molecule has 1 atom stereocenters. The average Bonchev–Trinajstić information content (AvgIpc) is 2.84. The van der Waals surface area contributed by atoms with Crippen LogP contribution in [0.1, 0.15) is 31.4 Å². The third-order valence-electron chi connectivity index (χ3n) is 3.76. The lowest BCUT2D eigenvalue weighted by atomic mass is 10.1. The fourth-order valence-electron chi connectivity index (χ4n) is 2.68. The largest absolute Gasteiger partial charge is 0.351 e. The molecule has 1 aliphatic rings. The van der Waals surface area contributed by atoms with Gasteiger partial charge in [-0.25, -0.2) is 21.9 Å². The molecule has 1 saturated heterocycles. The molecule has 0 saturated carbocycles. The third-order valence-corrected chi connectivity index (χ3v) is 5.28. The summed E-state index contributed by atoms with van der Waals surface area (Å²) in [4.78, 5) is 12.0. The second-order valence-corrected chi connectivity index (χ2v) is 8.27. The number of halogens is 3. The Morgan fingerprint density at radius 2 is 1.92 bits per heavy atom. The van der Waals surface area contributed by atoms with E-state index in [9.17, 15) is 22.0 Å². The van der Waals surface area contributed by atoms with Gasteiger partial charge in [-0.2, -0.15) is 0 Å². The number of nitrogens with one attached hydrogen (secondary N) is 3. The molecule has 0 spiro atoms. The Kier molecular flexibility index (Phi) is 7.94. The maximum atomic E-state index is 13.2. The van der Waals surface area contributed by atoms with E-state index in [0.29, 0.717) is 11.1 Å². The Labute approximate surface area is 158 Å². The van der Waals surface area contributed by atoms with Gasteiger partial charge < -0.3 is 5.32 Å². The minimum absolute atomic E-state index is 0. The molecule has 0 aromatic heterocycles. The lowest BCUT2D eigenvalue weighted by Crippen LogP contribution is -2.40. The van der Waals surface area contributed by atoms with E-state index in [1.807, 2.05) is 0 Å². The number of sulfonamides is 1. The van der Waals surface area contributed by atoms with Crippen LogP contribution in [-0.4, -0.2) is 38.9 Å². The summed E-state index contributed by atoms with van der Waals surface area (Å²) in [7, 11) is -3.50. The van der Waals surface area contributed by atoms with Gasteiger partial charge >= 0.3 is 0 Å². The summed E-state index contributed by atoms with van der Waals surface area (Å²) < 4.78 is 53.0. The van der Waals surface area contributed by atoms with Crippen molar-refractivity contribution in [1.29, 1.82) is 0 Å². The van der Waals surface area contributed by atoms with E-state index in [2.05, 4.69) is 15.4 Å². The molecular formula is C16H24ClF2N3O3S. The molecule has 26 heavy (non-hydrogen) atoms. The SMILES string of the molecule is CC(C)NS(=O)(=O)Cc1ccccc1CNC(=O)C1CC(F)(F)CN1.Cl. The highest BCUT2D eigenvalue weighted by Crippen LogP contribution is 2.25. The van der Waals surface area contributed by atoms with Crippen LogP contribution in [0.5, 0.6) is 0 Å². The number of hydrogen-bond acceptors (Lipinski definition) is 4. The van der Waals surface area contributed by atoms with Crippen molar-refractivity contribution in [3.05, 3.63) is 35.4 Å². The van der Waals surface area contributed by atoms with Crippen molar-refractivity contribution >= 4 is 28.3 Å². The van der Waals surface area contributed by atoms with Crippen LogP contribution < -0.4 is 15.4 Å². The second-order valence-electron chi connectivity index (χ2n) is 6.51. The first-order valence-electron chi connectivity index (χ1n) is 8.04. The molecule has 1 aliphatic heterocycles. The van der Waals surface area contributed by atoms with Gasteiger partial charge in [0.25, 0.3) is 5.92 Å². The maximum Gasteiger partial charge on any atom is 0.262 e. The molecule has 0 bridgehead atoms. The van der Waals surface area contributed by atoms with Crippen molar-refractivity contribution in [3.63, 3.8) is 0 Å². The Morgan fingerprint density at radius 1 is 1.31 bits per heavy atom. The van der Waals surface area contributed by atoms with Crippen LogP contribution in [0, 0.1) is 0 Å². The number of carbonyl (C=O) groups is 1. The van der Waals surface area contributed by atoms with Crippen molar-refractivity contribution < 1.29 is 22.0 Å². The zero-order valence-corrected chi connectivity index (χ0v) is 16.2. The lowest BCUT2D eigenvalue weighted by molar-refractivity contribution is -0.123. The Bertz CT molecular complexity index is 729. The monoisotopic (exact) mass is 411 g/mol. The van der Waals surface area contributed by atoms with Gasteiger partial charge in [-0.1, -0.05) is 24.3 Å². The van der Waals surface area contributed by atoms with Crippen LogP contribution in [0.25, 0.3) is 0 Å². The minimum Gasteiger partial charge on any atom is -0.351 e. The Morgan fingerprint density at radius 3 is 2.46 bits per heavy atom. The molecular weight excluding hydrogens is 388 g/mol. The Balaban J connectivity index is 0.00000338.